The standard InChI is InChI=1S/C21H18O3/c22-15-24-21(23)19-13-11-18(12-14-19)20(16-7-3-1-4-8-16)17-9-5-2-6-10-17/h1-14,20,22H,15H2. The van der Waals surface area contributed by atoms with Crippen LogP contribution in [-0.4, -0.2) is 17.9 Å². The third-order valence-electron chi connectivity index (χ3n) is 3.94. The first-order chi connectivity index (χ1) is 11.8. The molecular weight excluding hydrogens is 300 g/mol. The Bertz CT molecular complexity index is 741. The Morgan fingerprint density at radius 2 is 1.21 bits per heavy atom. The highest BCUT2D eigenvalue weighted by Gasteiger charge is 2.17. The molecule has 0 aromatic heterocycles. The Labute approximate surface area is 141 Å². The minimum atomic E-state index is -0.614. The molecule has 3 aromatic carbocycles. The third-order valence-corrected chi connectivity index (χ3v) is 3.94. The monoisotopic (exact) mass is 318 g/mol. The molecule has 120 valence electrons. The van der Waals surface area contributed by atoms with Crippen molar-refractivity contribution in [3.63, 3.8) is 0 Å². The van der Waals surface area contributed by atoms with Crippen LogP contribution in [-0.2, 0) is 4.74 Å². The molecule has 0 atom stereocenters. The minimum absolute atomic E-state index is 0.0929. The molecule has 3 rings (SSSR count). The van der Waals surface area contributed by atoms with Gasteiger partial charge in [0.25, 0.3) is 0 Å². The molecule has 0 saturated heterocycles. The topological polar surface area (TPSA) is 46.5 Å². The lowest BCUT2D eigenvalue weighted by atomic mass is 9.85. The van der Waals surface area contributed by atoms with Crippen molar-refractivity contribution in [3.05, 3.63) is 107 Å². The van der Waals surface area contributed by atoms with Gasteiger partial charge in [0.05, 0.1) is 5.56 Å². The highest BCUT2D eigenvalue weighted by Crippen LogP contribution is 2.31. The van der Waals surface area contributed by atoms with E-state index in [1.165, 1.54) is 11.1 Å². The van der Waals surface area contributed by atoms with Crippen LogP contribution in [0.5, 0.6) is 0 Å². The van der Waals surface area contributed by atoms with Crippen LogP contribution in [0.2, 0.25) is 0 Å². The molecule has 0 heterocycles. The number of benzene rings is 3. The van der Waals surface area contributed by atoms with Gasteiger partial charge >= 0.3 is 5.97 Å². The molecule has 0 aliphatic heterocycles. The number of ether oxygens (including phenoxy) is 1. The van der Waals surface area contributed by atoms with Crippen molar-refractivity contribution in [2.75, 3.05) is 6.79 Å². The van der Waals surface area contributed by atoms with Gasteiger partial charge in [-0.25, -0.2) is 4.79 Å². The van der Waals surface area contributed by atoms with Gasteiger partial charge < -0.3 is 9.84 Å². The number of rotatable bonds is 5. The lowest BCUT2D eigenvalue weighted by Crippen LogP contribution is -2.07. The molecule has 0 bridgehead atoms. The molecule has 0 unspecified atom stereocenters. The molecule has 0 fully saturated rings. The van der Waals surface area contributed by atoms with E-state index in [0.717, 1.165) is 5.56 Å². The third kappa shape index (κ3) is 3.53. The lowest BCUT2D eigenvalue weighted by molar-refractivity contribution is 0.00684. The maximum absolute atomic E-state index is 11.7. The molecule has 0 aliphatic carbocycles. The quantitative estimate of drug-likeness (QED) is 0.440. The molecule has 3 aromatic rings. The molecule has 3 nitrogen and oxygen atoms in total. The zero-order chi connectivity index (χ0) is 16.8. The molecule has 0 radical (unpaired) electrons. The molecule has 24 heavy (non-hydrogen) atoms. The molecule has 0 saturated carbocycles. The van der Waals surface area contributed by atoms with Crippen molar-refractivity contribution >= 4 is 5.97 Å². The minimum Gasteiger partial charge on any atom is -0.435 e. The average molecular weight is 318 g/mol. The second-order valence-electron chi connectivity index (χ2n) is 5.44. The van der Waals surface area contributed by atoms with Crippen LogP contribution in [0.1, 0.15) is 33.0 Å². The van der Waals surface area contributed by atoms with E-state index in [4.69, 9.17) is 5.11 Å². The van der Waals surface area contributed by atoms with Crippen LogP contribution in [0.25, 0.3) is 0 Å². The van der Waals surface area contributed by atoms with Crippen molar-refractivity contribution in [3.8, 4) is 0 Å². The van der Waals surface area contributed by atoms with Crippen molar-refractivity contribution in [1.82, 2.24) is 0 Å². The summed E-state index contributed by atoms with van der Waals surface area (Å²) < 4.78 is 4.61. The molecule has 0 spiro atoms. The summed E-state index contributed by atoms with van der Waals surface area (Å²) in [5.41, 5.74) is 3.89. The van der Waals surface area contributed by atoms with Crippen LogP contribution in [0.15, 0.2) is 84.9 Å². The van der Waals surface area contributed by atoms with E-state index in [2.05, 4.69) is 29.0 Å². The van der Waals surface area contributed by atoms with Crippen LogP contribution < -0.4 is 0 Å². The maximum Gasteiger partial charge on any atom is 0.340 e. The first kappa shape index (κ1) is 16.0. The van der Waals surface area contributed by atoms with E-state index < -0.39 is 12.8 Å². The van der Waals surface area contributed by atoms with Gasteiger partial charge in [0.2, 0.25) is 0 Å². The summed E-state index contributed by atoms with van der Waals surface area (Å²) in [6, 6.07) is 27.8. The normalized spacial score (nSPS) is 10.6. The Balaban J connectivity index is 1.99. The van der Waals surface area contributed by atoms with Crippen LogP contribution in [0.3, 0.4) is 0 Å². The largest absolute Gasteiger partial charge is 0.435 e. The maximum atomic E-state index is 11.7. The molecule has 0 amide bonds. The summed E-state index contributed by atoms with van der Waals surface area (Å²) >= 11 is 0. The first-order valence-corrected chi connectivity index (χ1v) is 7.77. The van der Waals surface area contributed by atoms with Crippen LogP contribution >= 0.6 is 0 Å². The number of hydrogen-bond donors (Lipinski definition) is 1. The number of esters is 1. The van der Waals surface area contributed by atoms with Gasteiger partial charge in [0.1, 0.15) is 0 Å². The van der Waals surface area contributed by atoms with E-state index in [1.807, 2.05) is 48.5 Å². The summed E-state index contributed by atoms with van der Waals surface area (Å²) in [4.78, 5) is 11.7. The van der Waals surface area contributed by atoms with Gasteiger partial charge in [0, 0.05) is 5.92 Å². The average Bonchev–Trinajstić information content (AvgIpc) is 2.64. The van der Waals surface area contributed by atoms with E-state index in [0.29, 0.717) is 5.56 Å². The van der Waals surface area contributed by atoms with Crippen molar-refractivity contribution in [1.29, 1.82) is 0 Å². The summed E-state index contributed by atoms with van der Waals surface area (Å²) in [6.07, 6.45) is 0. The number of carbonyl (C=O) groups is 1. The van der Waals surface area contributed by atoms with Crippen LogP contribution in [0.4, 0.5) is 0 Å². The smallest absolute Gasteiger partial charge is 0.340 e. The summed E-state index contributed by atoms with van der Waals surface area (Å²) in [5, 5.41) is 8.70. The van der Waals surface area contributed by atoms with E-state index in [1.54, 1.807) is 12.1 Å². The number of aliphatic hydroxyl groups excluding tert-OH is 1. The fraction of sp³-hybridized carbons (Fsp3) is 0.0952. The Hall–Kier alpha value is -2.91. The lowest BCUT2D eigenvalue weighted by Gasteiger charge is -2.19. The molecular formula is C21H18O3. The summed E-state index contributed by atoms with van der Waals surface area (Å²) in [7, 11) is 0. The highest BCUT2D eigenvalue weighted by molar-refractivity contribution is 5.89. The van der Waals surface area contributed by atoms with E-state index in [-0.39, 0.29) is 5.92 Å². The van der Waals surface area contributed by atoms with E-state index in [9.17, 15) is 4.79 Å². The van der Waals surface area contributed by atoms with E-state index >= 15 is 0 Å². The second-order valence-corrected chi connectivity index (χ2v) is 5.44. The molecule has 0 aliphatic rings. The highest BCUT2D eigenvalue weighted by atomic mass is 16.6. The Kier molecular flexibility index (Phi) is 5.04. The van der Waals surface area contributed by atoms with Gasteiger partial charge in [-0.2, -0.15) is 0 Å². The van der Waals surface area contributed by atoms with Gasteiger partial charge in [0.15, 0.2) is 6.79 Å². The number of hydrogen-bond acceptors (Lipinski definition) is 3. The predicted octanol–water partition coefficient (Wildman–Crippen LogP) is 3.97. The summed E-state index contributed by atoms with van der Waals surface area (Å²) in [5.74, 6) is -0.435. The van der Waals surface area contributed by atoms with Crippen molar-refractivity contribution < 1.29 is 14.6 Å². The Morgan fingerprint density at radius 3 is 1.67 bits per heavy atom. The van der Waals surface area contributed by atoms with Crippen LogP contribution in [0, 0.1) is 0 Å². The fourth-order valence-corrected chi connectivity index (χ4v) is 2.82. The van der Waals surface area contributed by atoms with Gasteiger partial charge in [-0.1, -0.05) is 72.8 Å². The molecule has 3 heteroatoms. The predicted molar refractivity (Wildman–Crippen MR) is 92.8 cm³/mol. The zero-order valence-electron chi connectivity index (χ0n) is 13.1. The number of aliphatic hydroxyl groups is 1. The second kappa shape index (κ2) is 7.57. The first-order valence-electron chi connectivity index (χ1n) is 7.77. The zero-order valence-corrected chi connectivity index (χ0v) is 13.1. The fourth-order valence-electron chi connectivity index (χ4n) is 2.82. The SMILES string of the molecule is O=C(OCO)c1ccc(C(c2ccccc2)c2ccccc2)cc1. The van der Waals surface area contributed by atoms with Gasteiger partial charge in [-0.05, 0) is 28.8 Å². The summed E-state index contributed by atoms with van der Waals surface area (Å²) in [6.45, 7) is -0.614. The Morgan fingerprint density at radius 1 is 0.750 bits per heavy atom. The van der Waals surface area contributed by atoms with Gasteiger partial charge in [-0.3, -0.25) is 0 Å². The van der Waals surface area contributed by atoms with Gasteiger partial charge in [-0.15, -0.1) is 0 Å². The van der Waals surface area contributed by atoms with Crippen molar-refractivity contribution in [2.45, 2.75) is 5.92 Å². The van der Waals surface area contributed by atoms with Crippen molar-refractivity contribution in [2.24, 2.45) is 0 Å². The number of carbonyl (C=O) groups excluding carboxylic acids is 1. The molecule has 1 N–H and O–H groups in total.